The van der Waals surface area contributed by atoms with Gasteiger partial charge in [0.25, 0.3) is 0 Å². The first-order valence-electron chi connectivity index (χ1n) is 24.3. The zero-order chi connectivity index (χ0) is 49.0. The monoisotopic (exact) mass is 979 g/mol. The Morgan fingerprint density at radius 1 is 0.882 bits per heavy atom. The number of aryl methyl sites for hydroxylation is 3. The van der Waals surface area contributed by atoms with E-state index in [1.807, 2.05) is 11.9 Å². The fourth-order valence-electron chi connectivity index (χ4n) is 10.0. The van der Waals surface area contributed by atoms with E-state index >= 15 is 0 Å². The van der Waals surface area contributed by atoms with Crippen LogP contribution in [0.25, 0.3) is 33.7 Å². The summed E-state index contributed by atoms with van der Waals surface area (Å²) in [6.07, 6.45) is 0.239. The second-order valence-electron chi connectivity index (χ2n) is 19.0. The number of aromatic amines is 2. The number of rotatable bonds is 18. The molecule has 2 fully saturated rings. The normalized spacial score (nSPS) is 26.8. The maximum Gasteiger partial charge on any atom is 0.222 e. The molecule has 7 heterocycles. The lowest BCUT2D eigenvalue weighted by Crippen LogP contribution is -2.57. The van der Waals surface area contributed by atoms with Crippen molar-refractivity contribution in [3.63, 3.8) is 0 Å². The second-order valence-corrected chi connectivity index (χ2v) is 21.5. The number of allylic oxidation sites excluding steroid dienone is 1. The Balaban J connectivity index is 1.14. The van der Waals surface area contributed by atoms with Gasteiger partial charge in [-0.25, -0.2) is 4.98 Å². The summed E-state index contributed by atoms with van der Waals surface area (Å²) in [4.78, 5) is 33.6. The smallest absolute Gasteiger partial charge is 0.222 e. The van der Waals surface area contributed by atoms with Crippen molar-refractivity contribution in [1.82, 2.24) is 24.8 Å². The van der Waals surface area contributed by atoms with Crippen molar-refractivity contribution in [1.29, 1.82) is 0 Å². The predicted octanol–water partition coefficient (Wildman–Crippen LogP) is 6.47. The molecule has 8 bridgehead atoms. The van der Waals surface area contributed by atoms with E-state index in [1.54, 1.807) is 11.8 Å². The molecule has 4 aliphatic rings. The lowest BCUT2D eigenvalue weighted by atomic mass is 9.85. The fourth-order valence-corrected chi connectivity index (χ4v) is 12.3. The lowest BCUT2D eigenvalue weighted by Gasteiger charge is -2.39. The molecular formula is C51H73N5O10S2. The number of aliphatic hydroxyl groups excluding tert-OH is 6. The summed E-state index contributed by atoms with van der Waals surface area (Å²) in [5.41, 5.74) is 13.1. The first kappa shape index (κ1) is 52.5. The fraction of sp³-hybridized carbons (Fsp3) is 0.627. The van der Waals surface area contributed by atoms with Crippen molar-refractivity contribution in [2.24, 2.45) is 0 Å². The van der Waals surface area contributed by atoms with Crippen LogP contribution in [0.1, 0.15) is 135 Å². The summed E-state index contributed by atoms with van der Waals surface area (Å²) in [7, 11) is 1.86. The minimum absolute atomic E-state index is 0.00849. The van der Waals surface area contributed by atoms with Crippen LogP contribution in [0.4, 0.5) is 0 Å². The highest BCUT2D eigenvalue weighted by molar-refractivity contribution is 8.00. The number of nitrogens with zero attached hydrogens (tertiary/aromatic N) is 3. The number of fused-ring (bicyclic) bond motifs is 8. The molecule has 1 amide bonds. The van der Waals surface area contributed by atoms with Gasteiger partial charge in [0, 0.05) is 90.3 Å². The minimum Gasteiger partial charge on any atom is -0.394 e. The van der Waals surface area contributed by atoms with Crippen LogP contribution in [0.5, 0.6) is 0 Å². The molecule has 0 aromatic carbocycles. The van der Waals surface area contributed by atoms with Crippen molar-refractivity contribution >= 4 is 63.1 Å². The van der Waals surface area contributed by atoms with Gasteiger partial charge in [-0.05, 0) is 124 Å². The maximum atomic E-state index is 13.7. The van der Waals surface area contributed by atoms with Gasteiger partial charge in [-0.15, -0.1) is 23.5 Å². The number of carbonyl (C=O) groups is 1. The van der Waals surface area contributed by atoms with E-state index in [2.05, 4.69) is 82.7 Å². The second kappa shape index (κ2) is 23.3. The zero-order valence-electron chi connectivity index (χ0n) is 40.8. The van der Waals surface area contributed by atoms with Gasteiger partial charge in [-0.2, -0.15) is 0 Å². The van der Waals surface area contributed by atoms with Crippen LogP contribution < -0.4 is 0 Å². The molecule has 17 heteroatoms. The van der Waals surface area contributed by atoms with E-state index in [0.717, 1.165) is 85.7 Å². The Labute approximate surface area is 408 Å². The third-order valence-electron chi connectivity index (χ3n) is 14.2. The van der Waals surface area contributed by atoms with Gasteiger partial charge in [-0.3, -0.25) is 9.78 Å². The van der Waals surface area contributed by atoms with E-state index in [0.29, 0.717) is 51.0 Å². The molecule has 0 aliphatic carbocycles. The number of ether oxygens (including phenoxy) is 3. The zero-order valence-corrected chi connectivity index (χ0v) is 42.5. The first-order valence-corrected chi connectivity index (χ1v) is 26.4. The number of carbonyl (C=O) groups excluding carboxylic acids is 1. The van der Waals surface area contributed by atoms with Crippen LogP contribution >= 0.6 is 23.5 Å². The van der Waals surface area contributed by atoms with Crippen LogP contribution in [-0.4, -0.2) is 154 Å². The largest absolute Gasteiger partial charge is 0.394 e. The Hall–Kier alpha value is -3.33. The van der Waals surface area contributed by atoms with Crippen LogP contribution in [0.15, 0.2) is 18.2 Å². The summed E-state index contributed by atoms with van der Waals surface area (Å²) in [6.45, 7) is 15.3. The summed E-state index contributed by atoms with van der Waals surface area (Å²) < 4.78 is 18.1. The third kappa shape index (κ3) is 11.7. The Bertz CT molecular complexity index is 2440. The van der Waals surface area contributed by atoms with Gasteiger partial charge >= 0.3 is 0 Å². The average molecular weight is 980 g/mol. The third-order valence-corrected chi connectivity index (χ3v) is 16.7. The number of hydrogen-bond donors (Lipinski definition) is 8. The van der Waals surface area contributed by atoms with E-state index in [1.165, 1.54) is 22.9 Å². The van der Waals surface area contributed by atoms with Crippen LogP contribution in [0, 0.1) is 20.8 Å². The summed E-state index contributed by atoms with van der Waals surface area (Å²) in [6, 6.07) is 6.47. The molecule has 3 aromatic heterocycles. The van der Waals surface area contributed by atoms with Crippen molar-refractivity contribution in [2.45, 2.75) is 159 Å². The van der Waals surface area contributed by atoms with Crippen LogP contribution in [-0.2, 0) is 25.4 Å². The average Bonchev–Trinajstić information content (AvgIpc) is 4.03. The molecule has 2 saturated heterocycles. The molecule has 374 valence electrons. The molecule has 11 atom stereocenters. The molecule has 15 nitrogen and oxygen atoms in total. The van der Waals surface area contributed by atoms with Gasteiger partial charge in [0.15, 0.2) is 0 Å². The van der Waals surface area contributed by atoms with Crippen LogP contribution in [0.2, 0.25) is 0 Å². The molecule has 3 unspecified atom stereocenters. The number of aliphatic hydroxyl groups is 6. The van der Waals surface area contributed by atoms with E-state index in [-0.39, 0.29) is 42.0 Å². The summed E-state index contributed by atoms with van der Waals surface area (Å²) in [5.74, 6) is 1.41. The topological polar surface area (TPSA) is 227 Å². The highest BCUT2D eigenvalue weighted by Crippen LogP contribution is 2.43. The molecule has 4 aliphatic heterocycles. The molecule has 68 heavy (non-hydrogen) atoms. The van der Waals surface area contributed by atoms with Gasteiger partial charge in [0.2, 0.25) is 5.91 Å². The van der Waals surface area contributed by atoms with E-state index < -0.39 is 42.6 Å². The standard InChI is InChI=1S/C51H73N5O10S2/c1-9-34-27(3)38-23-42-46(31(7)64-15-11-17-68-51-50(63)49(62)48(61)43(25-58)66-51)29(5)40(54-42)22-39-28(4)35(47(55-39)30(6)37-18-26(2)36(52-37)21-41(34)53-38)12-13-44(60)56(8)14-10-16-67-45-20-32(59)19-33(24-57)65-45/h18,21-23,28,31-33,35,43,45,48-51,53-54,57-59,61-63H,9-17,19-20,24-25H2,1-8H3/t28-,31?,32-,33-,35-,43+,45-,48+,49-,50?,51?/m0/s1. The molecular weight excluding hydrogens is 907 g/mol. The number of thioether (sulfide) groups is 2. The van der Waals surface area contributed by atoms with E-state index in [9.17, 15) is 35.4 Å². The number of H-pyrrole nitrogens is 2. The Morgan fingerprint density at radius 3 is 2.35 bits per heavy atom. The van der Waals surface area contributed by atoms with Gasteiger partial charge in [-0.1, -0.05) is 13.8 Å². The Kier molecular flexibility index (Phi) is 18.0. The molecule has 0 spiro atoms. The number of aromatic nitrogens is 4. The molecule has 0 saturated carbocycles. The predicted molar refractivity (Wildman–Crippen MR) is 269 cm³/mol. The van der Waals surface area contributed by atoms with Gasteiger partial charge in [0.1, 0.15) is 35.3 Å². The van der Waals surface area contributed by atoms with Crippen molar-refractivity contribution in [3.05, 3.63) is 68.8 Å². The number of amides is 1. The molecule has 3 aromatic rings. The lowest BCUT2D eigenvalue weighted by molar-refractivity contribution is -0.205. The van der Waals surface area contributed by atoms with Crippen molar-refractivity contribution < 1.29 is 49.6 Å². The van der Waals surface area contributed by atoms with E-state index in [4.69, 9.17) is 24.2 Å². The SMILES string of the molecule is CCc1c(C)c2cc3[nH]c(cc4nc(c(C)c5nc(cc1[nH]2)C(C)=C5)[C@@H](CCC(=O)N(C)CCCS[C@H]1C[C@@H](O)C[C@@H](CO)O1)[C@@H]4C)c(C)c3C(C)OCCCSC1O[C@H](CO)[C@@H](O)[C@H](O)C1O. The van der Waals surface area contributed by atoms with Crippen molar-refractivity contribution in [3.8, 4) is 0 Å². The minimum atomic E-state index is -1.41. The quantitative estimate of drug-likeness (QED) is 0.0640. The Morgan fingerprint density at radius 2 is 1.62 bits per heavy atom. The van der Waals surface area contributed by atoms with Crippen molar-refractivity contribution in [2.75, 3.05) is 44.9 Å². The molecule has 7 rings (SSSR count). The maximum absolute atomic E-state index is 13.7. The van der Waals surface area contributed by atoms with Gasteiger partial charge < -0.3 is 59.7 Å². The van der Waals surface area contributed by atoms with Crippen LogP contribution in [0.3, 0.4) is 0 Å². The number of hydrogen-bond acceptors (Lipinski definition) is 14. The number of nitrogens with one attached hydrogen (secondary N) is 2. The first-order chi connectivity index (χ1) is 32.5. The molecule has 0 radical (unpaired) electrons. The summed E-state index contributed by atoms with van der Waals surface area (Å²) >= 11 is 2.94. The van der Waals surface area contributed by atoms with Gasteiger partial charge in [0.05, 0.1) is 42.9 Å². The summed E-state index contributed by atoms with van der Waals surface area (Å²) in [5, 5.41) is 60.3. The highest BCUT2D eigenvalue weighted by atomic mass is 32.2. The highest BCUT2D eigenvalue weighted by Gasteiger charge is 2.43. The molecule has 8 N–H and O–H groups in total.